The number of amidine groups is 1. The van der Waals surface area contributed by atoms with Crippen LogP contribution in [0.3, 0.4) is 0 Å². The summed E-state index contributed by atoms with van der Waals surface area (Å²) in [6.07, 6.45) is 0. The third kappa shape index (κ3) is 3.85. The second-order valence-corrected chi connectivity index (χ2v) is 9.62. The summed E-state index contributed by atoms with van der Waals surface area (Å²) in [7, 11) is 0. The monoisotopic (exact) mass is 457 g/mol. The van der Waals surface area contributed by atoms with E-state index in [1.54, 1.807) is 16.7 Å². The number of nitrogens with zero attached hydrogens (tertiary/aromatic N) is 3. The highest BCUT2D eigenvalue weighted by atomic mass is 32.2. The Morgan fingerprint density at radius 2 is 1.69 bits per heavy atom. The fourth-order valence-corrected chi connectivity index (χ4v) is 6.23. The Bertz CT molecular complexity index is 1240. The number of para-hydroxylation sites is 1. The van der Waals surface area contributed by atoms with Crippen LogP contribution in [0.4, 0.5) is 11.4 Å². The molecule has 0 radical (unpaired) electrons. The molecular weight excluding hydrogens is 434 g/mol. The fourth-order valence-electron chi connectivity index (χ4n) is 3.86. The van der Waals surface area contributed by atoms with Gasteiger partial charge < -0.3 is 4.90 Å². The summed E-state index contributed by atoms with van der Waals surface area (Å²) in [4.78, 5) is 24.6. The lowest BCUT2D eigenvalue weighted by Crippen LogP contribution is -2.30. The predicted molar refractivity (Wildman–Crippen MR) is 136 cm³/mol. The first-order chi connectivity index (χ1) is 15.7. The molecule has 0 atom stereocenters. The van der Waals surface area contributed by atoms with E-state index >= 15 is 0 Å². The summed E-state index contributed by atoms with van der Waals surface area (Å²) >= 11 is 3.15. The van der Waals surface area contributed by atoms with Gasteiger partial charge in [-0.3, -0.25) is 14.7 Å². The maximum Gasteiger partial charge on any atom is 0.274 e. The fraction of sp³-hybridized carbons (Fsp3) is 0.154. The second kappa shape index (κ2) is 8.88. The molecule has 160 valence electrons. The molecule has 1 fully saturated rings. The van der Waals surface area contributed by atoms with Gasteiger partial charge >= 0.3 is 0 Å². The van der Waals surface area contributed by atoms with E-state index in [-0.39, 0.29) is 5.91 Å². The van der Waals surface area contributed by atoms with E-state index in [9.17, 15) is 4.79 Å². The average molecular weight is 458 g/mol. The highest BCUT2D eigenvalue weighted by Gasteiger charge is 2.40. The van der Waals surface area contributed by atoms with Crippen molar-refractivity contribution in [3.05, 3.63) is 99.9 Å². The minimum Gasteiger partial charge on any atom is -0.334 e. The van der Waals surface area contributed by atoms with E-state index < -0.39 is 0 Å². The van der Waals surface area contributed by atoms with Crippen molar-refractivity contribution in [2.24, 2.45) is 4.99 Å². The Labute approximate surface area is 197 Å². The minimum atomic E-state index is -0.0128. The van der Waals surface area contributed by atoms with Crippen LogP contribution in [0.15, 0.2) is 98.7 Å². The molecular formula is C26H23N3OS2. The zero-order valence-corrected chi connectivity index (χ0v) is 19.6. The average Bonchev–Trinajstić information content (AvgIpc) is 3.35. The quantitative estimate of drug-likeness (QED) is 0.423. The Hall–Kier alpha value is -2.96. The first-order valence-electron chi connectivity index (χ1n) is 10.6. The van der Waals surface area contributed by atoms with Gasteiger partial charge in [-0.15, -0.1) is 0 Å². The number of carbonyl (C=O) groups excluding carboxylic acids is 1. The van der Waals surface area contributed by atoms with Crippen LogP contribution in [-0.4, -0.2) is 17.6 Å². The molecule has 0 saturated carbocycles. The lowest BCUT2D eigenvalue weighted by molar-refractivity contribution is -0.113. The maximum absolute atomic E-state index is 13.8. The molecule has 0 unspecified atom stereocenters. The number of hydrogen-bond acceptors (Lipinski definition) is 5. The van der Waals surface area contributed by atoms with E-state index in [0.29, 0.717) is 6.54 Å². The van der Waals surface area contributed by atoms with E-state index in [2.05, 4.69) is 36.1 Å². The minimum absolute atomic E-state index is 0.0128. The molecule has 0 aliphatic carbocycles. The van der Waals surface area contributed by atoms with E-state index in [0.717, 1.165) is 44.1 Å². The van der Waals surface area contributed by atoms with Gasteiger partial charge in [-0.05, 0) is 61.0 Å². The Morgan fingerprint density at radius 1 is 0.906 bits per heavy atom. The van der Waals surface area contributed by atoms with Crippen molar-refractivity contribution in [1.29, 1.82) is 0 Å². The van der Waals surface area contributed by atoms with Gasteiger partial charge in [0.2, 0.25) is 0 Å². The van der Waals surface area contributed by atoms with E-state index in [1.165, 1.54) is 16.7 Å². The van der Waals surface area contributed by atoms with Crippen LogP contribution in [0.5, 0.6) is 0 Å². The van der Waals surface area contributed by atoms with Crippen molar-refractivity contribution < 1.29 is 4.79 Å². The molecule has 1 saturated heterocycles. The number of anilines is 2. The number of benzene rings is 3. The lowest BCUT2D eigenvalue weighted by Gasteiger charge is -2.19. The van der Waals surface area contributed by atoms with Crippen molar-refractivity contribution in [3.63, 3.8) is 0 Å². The standard InChI is InChI=1S/C26H23N3OS2/c1-3-28-21-14-7-8-15-22(21)31-25(28)23-24(30)29(20-13-9-10-18(2)16-20)26(32-23)27-17-19-11-5-4-6-12-19/h4-16H,3,17H2,1-2H3/b25-23-,27-26?. The van der Waals surface area contributed by atoms with Gasteiger partial charge in [0.05, 0.1) is 17.9 Å². The first-order valence-corrected chi connectivity index (χ1v) is 12.2. The van der Waals surface area contributed by atoms with Gasteiger partial charge in [0.15, 0.2) is 5.17 Å². The van der Waals surface area contributed by atoms with Crippen molar-refractivity contribution in [1.82, 2.24) is 0 Å². The van der Waals surface area contributed by atoms with E-state index in [4.69, 9.17) is 4.99 Å². The summed E-state index contributed by atoms with van der Waals surface area (Å²) in [5.41, 5.74) is 4.25. The van der Waals surface area contributed by atoms with Gasteiger partial charge in [-0.1, -0.05) is 66.4 Å². The summed E-state index contributed by atoms with van der Waals surface area (Å²) in [5.74, 6) is -0.0128. The van der Waals surface area contributed by atoms with Crippen LogP contribution in [0.1, 0.15) is 18.1 Å². The van der Waals surface area contributed by atoms with Crippen molar-refractivity contribution in [2.45, 2.75) is 25.3 Å². The first kappa shape index (κ1) is 20.9. The largest absolute Gasteiger partial charge is 0.334 e. The molecule has 0 bridgehead atoms. The molecule has 2 heterocycles. The Morgan fingerprint density at radius 3 is 2.47 bits per heavy atom. The van der Waals surface area contributed by atoms with Gasteiger partial charge in [0, 0.05) is 11.4 Å². The van der Waals surface area contributed by atoms with Gasteiger partial charge in [0.25, 0.3) is 5.91 Å². The van der Waals surface area contributed by atoms with Crippen LogP contribution in [0, 0.1) is 6.92 Å². The number of amides is 1. The Kier molecular flexibility index (Phi) is 5.81. The van der Waals surface area contributed by atoms with Crippen LogP contribution in [-0.2, 0) is 11.3 Å². The molecule has 5 rings (SSSR count). The zero-order valence-electron chi connectivity index (χ0n) is 18.0. The SMILES string of the molecule is CCN1/C(=C2/SC(=NCc3ccccc3)N(c3cccc(C)c3)C2=O)Sc2ccccc21. The number of aryl methyl sites for hydroxylation is 1. The number of hydrogen-bond donors (Lipinski definition) is 0. The predicted octanol–water partition coefficient (Wildman–Crippen LogP) is 6.43. The maximum atomic E-state index is 13.8. The van der Waals surface area contributed by atoms with Gasteiger partial charge in [-0.25, -0.2) is 0 Å². The number of rotatable bonds is 4. The molecule has 32 heavy (non-hydrogen) atoms. The number of thioether (sulfide) groups is 2. The van der Waals surface area contributed by atoms with E-state index in [1.807, 2.05) is 61.5 Å². The molecule has 0 spiro atoms. The molecule has 2 aliphatic rings. The highest BCUT2D eigenvalue weighted by molar-refractivity contribution is 8.20. The third-order valence-electron chi connectivity index (χ3n) is 5.40. The molecule has 6 heteroatoms. The Balaban J connectivity index is 1.57. The van der Waals surface area contributed by atoms with Crippen molar-refractivity contribution in [3.8, 4) is 0 Å². The summed E-state index contributed by atoms with van der Waals surface area (Å²) in [6.45, 7) is 5.50. The van der Waals surface area contributed by atoms with Crippen LogP contribution < -0.4 is 9.80 Å². The molecule has 3 aromatic carbocycles. The summed E-state index contributed by atoms with van der Waals surface area (Å²) < 4.78 is 0. The number of fused-ring (bicyclic) bond motifs is 1. The molecule has 0 aromatic heterocycles. The second-order valence-electron chi connectivity index (χ2n) is 7.61. The van der Waals surface area contributed by atoms with Crippen molar-refractivity contribution >= 4 is 46.0 Å². The van der Waals surface area contributed by atoms with Crippen LogP contribution in [0.25, 0.3) is 0 Å². The molecule has 1 amide bonds. The third-order valence-corrected chi connectivity index (χ3v) is 7.78. The lowest BCUT2D eigenvalue weighted by atomic mass is 10.2. The smallest absolute Gasteiger partial charge is 0.274 e. The molecule has 2 aliphatic heterocycles. The van der Waals surface area contributed by atoms with Crippen LogP contribution in [0.2, 0.25) is 0 Å². The van der Waals surface area contributed by atoms with Gasteiger partial charge in [-0.2, -0.15) is 0 Å². The molecule has 4 nitrogen and oxygen atoms in total. The zero-order chi connectivity index (χ0) is 22.1. The number of aliphatic imine (C=N–C) groups is 1. The summed E-state index contributed by atoms with van der Waals surface area (Å²) in [5, 5.41) is 1.71. The summed E-state index contributed by atoms with van der Waals surface area (Å²) in [6, 6.07) is 26.5. The van der Waals surface area contributed by atoms with Gasteiger partial charge in [0.1, 0.15) is 9.93 Å². The number of carbonyl (C=O) groups is 1. The normalized spacial score (nSPS) is 19.2. The molecule has 3 aromatic rings. The van der Waals surface area contributed by atoms with Crippen molar-refractivity contribution in [2.75, 3.05) is 16.3 Å². The van der Waals surface area contributed by atoms with Crippen LogP contribution >= 0.6 is 23.5 Å². The topological polar surface area (TPSA) is 35.9 Å². The molecule has 0 N–H and O–H groups in total. The highest BCUT2D eigenvalue weighted by Crippen LogP contribution is 2.50.